The predicted molar refractivity (Wildman–Crippen MR) is 93.6 cm³/mol. The second kappa shape index (κ2) is 6.75. The molecule has 2 atom stereocenters. The molecule has 0 aromatic carbocycles. The summed E-state index contributed by atoms with van der Waals surface area (Å²) < 4.78 is 0. The summed E-state index contributed by atoms with van der Waals surface area (Å²) >= 11 is 0. The minimum absolute atomic E-state index is 0.0327. The van der Waals surface area contributed by atoms with E-state index in [4.69, 9.17) is 5.73 Å². The average Bonchev–Trinajstić information content (AvgIpc) is 3.43. The highest BCUT2D eigenvalue weighted by Gasteiger charge is 2.43. The van der Waals surface area contributed by atoms with Crippen LogP contribution in [-0.2, 0) is 4.79 Å². The summed E-state index contributed by atoms with van der Waals surface area (Å²) in [7, 11) is 0. The van der Waals surface area contributed by atoms with Gasteiger partial charge in [-0.2, -0.15) is 0 Å². The van der Waals surface area contributed by atoms with Gasteiger partial charge < -0.3 is 15.5 Å². The number of carbonyl (C=O) groups is 2. The van der Waals surface area contributed by atoms with Gasteiger partial charge in [0.1, 0.15) is 0 Å². The zero-order valence-electron chi connectivity index (χ0n) is 14.5. The minimum atomic E-state index is 0.0327. The number of nitrogens with two attached hydrogens (primary N) is 1. The van der Waals surface area contributed by atoms with Crippen molar-refractivity contribution in [2.75, 3.05) is 26.2 Å². The van der Waals surface area contributed by atoms with E-state index in [2.05, 4.69) is 4.98 Å². The van der Waals surface area contributed by atoms with E-state index >= 15 is 0 Å². The normalized spacial score (nSPS) is 27.6. The Hall–Kier alpha value is -1.95. The fraction of sp³-hybridized carbons (Fsp3) is 0.632. The van der Waals surface area contributed by atoms with Gasteiger partial charge in [-0.15, -0.1) is 0 Å². The van der Waals surface area contributed by atoms with E-state index in [1.54, 1.807) is 24.5 Å². The summed E-state index contributed by atoms with van der Waals surface area (Å²) in [6.07, 6.45) is 7.31. The quantitative estimate of drug-likeness (QED) is 0.893. The van der Waals surface area contributed by atoms with Crippen LogP contribution in [0.25, 0.3) is 0 Å². The topological polar surface area (TPSA) is 79.5 Å². The van der Waals surface area contributed by atoms with Crippen molar-refractivity contribution in [2.24, 2.45) is 23.5 Å². The van der Waals surface area contributed by atoms with Gasteiger partial charge in [0.25, 0.3) is 5.91 Å². The first-order valence-corrected chi connectivity index (χ1v) is 9.37. The number of aromatic nitrogens is 1. The van der Waals surface area contributed by atoms with E-state index in [1.807, 2.05) is 9.80 Å². The number of hydrogen-bond donors (Lipinski definition) is 1. The third-order valence-electron chi connectivity index (χ3n) is 6.01. The number of likely N-dealkylation sites (tertiary alicyclic amines) is 2. The molecular weight excluding hydrogens is 316 g/mol. The number of piperidine rings is 1. The Morgan fingerprint density at radius 1 is 1.00 bits per heavy atom. The van der Waals surface area contributed by atoms with E-state index < -0.39 is 0 Å². The fourth-order valence-corrected chi connectivity index (χ4v) is 4.32. The lowest BCUT2D eigenvalue weighted by atomic mass is 9.95. The summed E-state index contributed by atoms with van der Waals surface area (Å²) in [5, 5.41) is 0. The smallest absolute Gasteiger partial charge is 0.253 e. The number of carbonyl (C=O) groups excluding carboxylic acids is 2. The zero-order chi connectivity index (χ0) is 17.4. The monoisotopic (exact) mass is 342 g/mol. The van der Waals surface area contributed by atoms with Gasteiger partial charge >= 0.3 is 0 Å². The molecule has 2 saturated heterocycles. The van der Waals surface area contributed by atoms with Crippen LogP contribution >= 0.6 is 0 Å². The van der Waals surface area contributed by atoms with Crippen LogP contribution in [0, 0.1) is 17.8 Å². The maximum Gasteiger partial charge on any atom is 0.253 e. The van der Waals surface area contributed by atoms with Gasteiger partial charge in [-0.1, -0.05) is 0 Å². The average molecular weight is 342 g/mol. The van der Waals surface area contributed by atoms with Gasteiger partial charge in [0, 0.05) is 56.1 Å². The molecule has 1 aromatic rings. The summed E-state index contributed by atoms with van der Waals surface area (Å²) in [6.45, 7) is 2.82. The van der Waals surface area contributed by atoms with Gasteiger partial charge in [0.05, 0.1) is 0 Å². The van der Waals surface area contributed by atoms with Crippen molar-refractivity contribution < 1.29 is 9.59 Å². The van der Waals surface area contributed by atoms with Gasteiger partial charge in [-0.25, -0.2) is 0 Å². The number of nitrogens with zero attached hydrogens (tertiary/aromatic N) is 3. The van der Waals surface area contributed by atoms with Crippen LogP contribution in [0.3, 0.4) is 0 Å². The van der Waals surface area contributed by atoms with Crippen molar-refractivity contribution in [3.8, 4) is 0 Å². The van der Waals surface area contributed by atoms with Crippen LogP contribution in [-0.4, -0.2) is 58.8 Å². The van der Waals surface area contributed by atoms with Gasteiger partial charge in [0.2, 0.25) is 5.91 Å². The SMILES string of the molecule is N[C@@H]1CN(C(=O)C2CCN(C(=O)c3ccncc3)CC2)C[C@H]1C1CC1. The van der Waals surface area contributed by atoms with E-state index in [1.165, 1.54) is 12.8 Å². The third kappa shape index (κ3) is 3.40. The Bertz CT molecular complexity index is 638. The Labute approximate surface area is 148 Å². The fourth-order valence-electron chi connectivity index (χ4n) is 4.32. The van der Waals surface area contributed by atoms with Crippen molar-refractivity contribution in [3.05, 3.63) is 30.1 Å². The predicted octanol–water partition coefficient (Wildman–Crippen LogP) is 1.13. The zero-order valence-corrected chi connectivity index (χ0v) is 14.5. The second-order valence-corrected chi connectivity index (χ2v) is 7.71. The molecule has 3 heterocycles. The van der Waals surface area contributed by atoms with E-state index in [9.17, 15) is 9.59 Å². The molecular formula is C19H26N4O2. The molecule has 1 saturated carbocycles. The molecule has 0 radical (unpaired) electrons. The van der Waals surface area contributed by atoms with Crippen molar-refractivity contribution in [3.63, 3.8) is 0 Å². The lowest BCUT2D eigenvalue weighted by Gasteiger charge is -2.33. The van der Waals surface area contributed by atoms with Crippen LogP contribution < -0.4 is 5.73 Å². The first-order chi connectivity index (χ1) is 12.1. The number of amides is 2. The highest BCUT2D eigenvalue weighted by molar-refractivity contribution is 5.94. The first kappa shape index (κ1) is 16.5. The molecule has 1 aliphatic carbocycles. The maximum atomic E-state index is 12.8. The van der Waals surface area contributed by atoms with E-state index in [0.29, 0.717) is 31.1 Å². The molecule has 4 rings (SSSR count). The van der Waals surface area contributed by atoms with Crippen molar-refractivity contribution in [1.82, 2.24) is 14.8 Å². The molecule has 2 amide bonds. The van der Waals surface area contributed by atoms with Crippen molar-refractivity contribution in [1.29, 1.82) is 0 Å². The van der Waals surface area contributed by atoms with Crippen LogP contribution in [0.4, 0.5) is 0 Å². The Kier molecular flexibility index (Phi) is 4.46. The van der Waals surface area contributed by atoms with Crippen LogP contribution in [0.15, 0.2) is 24.5 Å². The summed E-state index contributed by atoms with van der Waals surface area (Å²) in [6, 6.07) is 3.62. The highest BCUT2D eigenvalue weighted by atomic mass is 16.2. The Morgan fingerprint density at radius 3 is 2.32 bits per heavy atom. The Morgan fingerprint density at radius 2 is 1.68 bits per heavy atom. The molecule has 134 valence electrons. The molecule has 3 fully saturated rings. The molecule has 0 spiro atoms. The largest absolute Gasteiger partial charge is 0.341 e. The molecule has 3 aliphatic rings. The van der Waals surface area contributed by atoms with Crippen molar-refractivity contribution in [2.45, 2.75) is 31.7 Å². The van der Waals surface area contributed by atoms with Crippen LogP contribution in [0.5, 0.6) is 0 Å². The molecule has 1 aromatic heterocycles. The van der Waals surface area contributed by atoms with Gasteiger partial charge in [0.15, 0.2) is 0 Å². The molecule has 25 heavy (non-hydrogen) atoms. The summed E-state index contributed by atoms with van der Waals surface area (Å²) in [5.41, 5.74) is 6.92. The van der Waals surface area contributed by atoms with E-state index in [-0.39, 0.29) is 23.8 Å². The number of pyridine rings is 1. The standard InChI is InChI=1S/C19H26N4O2/c20-17-12-23(11-16(17)13-1-2-13)19(25)15-5-9-22(10-6-15)18(24)14-3-7-21-8-4-14/h3-4,7-8,13,15-17H,1-2,5-6,9-12,20H2/t16-,17+/m0/s1. The first-order valence-electron chi connectivity index (χ1n) is 9.37. The number of rotatable bonds is 3. The van der Waals surface area contributed by atoms with Crippen molar-refractivity contribution >= 4 is 11.8 Å². The maximum absolute atomic E-state index is 12.8. The lowest BCUT2D eigenvalue weighted by Crippen LogP contribution is -2.44. The molecule has 6 nitrogen and oxygen atoms in total. The summed E-state index contributed by atoms with van der Waals surface area (Å²) in [4.78, 5) is 33.1. The Balaban J connectivity index is 1.31. The molecule has 0 bridgehead atoms. The van der Waals surface area contributed by atoms with Crippen LogP contribution in [0.1, 0.15) is 36.0 Å². The molecule has 0 unspecified atom stereocenters. The molecule has 6 heteroatoms. The third-order valence-corrected chi connectivity index (χ3v) is 6.01. The van der Waals surface area contributed by atoms with E-state index in [0.717, 1.165) is 25.3 Å². The lowest BCUT2D eigenvalue weighted by molar-refractivity contribution is -0.136. The van der Waals surface area contributed by atoms with Gasteiger partial charge in [-0.3, -0.25) is 14.6 Å². The van der Waals surface area contributed by atoms with Crippen LogP contribution in [0.2, 0.25) is 0 Å². The molecule has 2 aliphatic heterocycles. The summed E-state index contributed by atoms with van der Waals surface area (Å²) in [5.74, 6) is 1.55. The number of hydrogen-bond acceptors (Lipinski definition) is 4. The van der Waals surface area contributed by atoms with Gasteiger partial charge in [-0.05, 0) is 49.7 Å². The second-order valence-electron chi connectivity index (χ2n) is 7.71. The highest BCUT2D eigenvalue weighted by Crippen LogP contribution is 2.41. The minimum Gasteiger partial charge on any atom is -0.341 e. The molecule has 2 N–H and O–H groups in total.